The fourth-order valence-electron chi connectivity index (χ4n) is 5.63. The molecule has 5 nitrogen and oxygen atoms in total. The first-order valence-electron chi connectivity index (χ1n) is 13.6. The highest BCUT2D eigenvalue weighted by Gasteiger charge is 2.34. The Labute approximate surface area is 219 Å². The molecule has 1 fully saturated rings. The van der Waals surface area contributed by atoms with E-state index in [0.29, 0.717) is 32.6 Å². The molecule has 0 aliphatic carbocycles. The molecule has 2 aromatic rings. The average molecular weight is 514 g/mol. The van der Waals surface area contributed by atoms with Crippen molar-refractivity contribution in [1.82, 2.24) is 14.7 Å². The number of piperazine rings is 1. The Hall–Kier alpha value is -2.25. The number of halogens is 1. The summed E-state index contributed by atoms with van der Waals surface area (Å²) in [6.45, 7) is 7.08. The van der Waals surface area contributed by atoms with E-state index in [2.05, 4.69) is 23.3 Å². The molecule has 0 radical (unpaired) electrons. The van der Waals surface area contributed by atoms with Crippen molar-refractivity contribution in [1.29, 1.82) is 0 Å². The summed E-state index contributed by atoms with van der Waals surface area (Å²) in [5.74, 6) is 0.0546. The molecule has 1 saturated heterocycles. The van der Waals surface area contributed by atoms with Gasteiger partial charge in [0.15, 0.2) is 0 Å². The number of unbranched alkanes of at least 4 members (excludes halogenated alkanes) is 5. The molecule has 2 aliphatic heterocycles. The lowest BCUT2D eigenvalue weighted by molar-refractivity contribution is -0.143. The third-order valence-electron chi connectivity index (χ3n) is 7.61. The second-order valence-electron chi connectivity index (χ2n) is 10.3. The van der Waals surface area contributed by atoms with Gasteiger partial charge in [-0.2, -0.15) is 0 Å². The van der Waals surface area contributed by atoms with Crippen molar-refractivity contribution in [2.24, 2.45) is 0 Å². The van der Waals surface area contributed by atoms with Crippen LogP contribution in [0.4, 0.5) is 4.39 Å². The quantitative estimate of drug-likeness (QED) is 0.386. The first kappa shape index (κ1) is 26.8. The van der Waals surface area contributed by atoms with Crippen LogP contribution in [0.1, 0.15) is 80.8 Å². The van der Waals surface area contributed by atoms with Gasteiger partial charge in [0, 0.05) is 43.5 Å². The summed E-state index contributed by atoms with van der Waals surface area (Å²) >= 11 is 1.74. The number of hydrogen-bond acceptors (Lipinski definition) is 4. The Balaban J connectivity index is 1.33. The summed E-state index contributed by atoms with van der Waals surface area (Å²) < 4.78 is 14.1. The molecule has 3 heterocycles. The molecule has 2 atom stereocenters. The zero-order chi connectivity index (χ0) is 25.5. The summed E-state index contributed by atoms with van der Waals surface area (Å²) in [6, 6.07) is 8.78. The molecule has 1 aromatic heterocycles. The Morgan fingerprint density at radius 3 is 2.61 bits per heavy atom. The number of carbonyl (C=O) groups excluding carboxylic acids is 2. The predicted octanol–water partition coefficient (Wildman–Crippen LogP) is 5.64. The molecular weight excluding hydrogens is 473 g/mol. The SMILES string of the molecule is CCCCCCCCC(=O)N1CCN(C(=O)CN2CCc3sccc3[C@@H]2c2cccc(F)c2)C[C@@H]1C. The molecule has 196 valence electrons. The minimum absolute atomic E-state index is 0.0270. The van der Waals surface area contributed by atoms with E-state index in [4.69, 9.17) is 0 Å². The number of fused-ring (bicyclic) bond motifs is 1. The summed E-state index contributed by atoms with van der Waals surface area (Å²) in [5.41, 5.74) is 2.07. The van der Waals surface area contributed by atoms with E-state index in [1.165, 1.54) is 42.2 Å². The van der Waals surface area contributed by atoms with Gasteiger partial charge in [-0.25, -0.2) is 4.39 Å². The van der Waals surface area contributed by atoms with Crippen LogP contribution < -0.4 is 0 Å². The maximum absolute atomic E-state index is 14.1. The third-order valence-corrected chi connectivity index (χ3v) is 8.61. The topological polar surface area (TPSA) is 43.9 Å². The van der Waals surface area contributed by atoms with Gasteiger partial charge in [0.1, 0.15) is 5.82 Å². The number of benzene rings is 1. The van der Waals surface area contributed by atoms with Crippen LogP contribution in [0.2, 0.25) is 0 Å². The zero-order valence-electron chi connectivity index (χ0n) is 21.8. The molecule has 0 saturated carbocycles. The molecule has 0 N–H and O–H groups in total. The number of amides is 2. The van der Waals surface area contributed by atoms with Gasteiger partial charge in [0.05, 0.1) is 12.6 Å². The van der Waals surface area contributed by atoms with E-state index in [9.17, 15) is 14.0 Å². The lowest BCUT2D eigenvalue weighted by atomic mass is 9.93. The van der Waals surface area contributed by atoms with Crippen LogP contribution in [-0.4, -0.2) is 65.3 Å². The maximum atomic E-state index is 14.1. The van der Waals surface area contributed by atoms with Crippen LogP contribution in [0.15, 0.2) is 35.7 Å². The number of carbonyl (C=O) groups is 2. The van der Waals surface area contributed by atoms with Gasteiger partial charge in [-0.1, -0.05) is 51.2 Å². The van der Waals surface area contributed by atoms with Gasteiger partial charge in [-0.05, 0) is 54.5 Å². The fraction of sp³-hybridized carbons (Fsp3) is 0.586. The summed E-state index contributed by atoms with van der Waals surface area (Å²) in [7, 11) is 0. The van der Waals surface area contributed by atoms with Crippen LogP contribution in [0.3, 0.4) is 0 Å². The van der Waals surface area contributed by atoms with Crippen molar-refractivity contribution in [2.75, 3.05) is 32.7 Å². The molecule has 7 heteroatoms. The summed E-state index contributed by atoms with van der Waals surface area (Å²) in [6.07, 6.45) is 8.56. The lowest BCUT2D eigenvalue weighted by Gasteiger charge is -2.42. The normalized spacial score (nSPS) is 20.4. The molecule has 2 aliphatic rings. The molecule has 36 heavy (non-hydrogen) atoms. The van der Waals surface area contributed by atoms with Gasteiger partial charge in [-0.3, -0.25) is 14.5 Å². The Bertz CT molecular complexity index is 1030. The molecule has 2 amide bonds. The highest BCUT2D eigenvalue weighted by atomic mass is 32.1. The number of nitrogens with zero attached hydrogens (tertiary/aromatic N) is 3. The second kappa shape index (κ2) is 12.8. The smallest absolute Gasteiger partial charge is 0.236 e. The van der Waals surface area contributed by atoms with Crippen molar-refractivity contribution in [3.05, 3.63) is 57.5 Å². The summed E-state index contributed by atoms with van der Waals surface area (Å²) in [5, 5.41) is 2.09. The highest BCUT2D eigenvalue weighted by molar-refractivity contribution is 7.10. The molecule has 0 bridgehead atoms. The maximum Gasteiger partial charge on any atom is 0.236 e. The average Bonchev–Trinajstić information content (AvgIpc) is 3.34. The lowest BCUT2D eigenvalue weighted by Crippen LogP contribution is -2.57. The van der Waals surface area contributed by atoms with Crippen molar-refractivity contribution in [3.8, 4) is 0 Å². The van der Waals surface area contributed by atoms with Gasteiger partial charge in [0.2, 0.25) is 11.8 Å². The monoisotopic (exact) mass is 513 g/mol. The van der Waals surface area contributed by atoms with E-state index in [1.54, 1.807) is 23.5 Å². The first-order chi connectivity index (χ1) is 17.5. The highest BCUT2D eigenvalue weighted by Crippen LogP contribution is 2.37. The molecular formula is C29H40FN3O2S. The Kier molecular flexibility index (Phi) is 9.54. The van der Waals surface area contributed by atoms with E-state index < -0.39 is 0 Å². The largest absolute Gasteiger partial charge is 0.338 e. The molecule has 4 rings (SSSR count). The van der Waals surface area contributed by atoms with Crippen LogP contribution in [-0.2, 0) is 16.0 Å². The number of thiophene rings is 1. The van der Waals surface area contributed by atoms with Crippen molar-refractivity contribution < 1.29 is 14.0 Å². The van der Waals surface area contributed by atoms with E-state index >= 15 is 0 Å². The van der Waals surface area contributed by atoms with Gasteiger partial charge in [0.25, 0.3) is 0 Å². The van der Waals surface area contributed by atoms with Gasteiger partial charge < -0.3 is 9.80 Å². The molecule has 0 unspecified atom stereocenters. The number of hydrogen-bond donors (Lipinski definition) is 0. The third kappa shape index (κ3) is 6.54. The summed E-state index contributed by atoms with van der Waals surface area (Å²) in [4.78, 5) is 33.6. The minimum atomic E-state index is -0.253. The Morgan fingerprint density at radius 2 is 1.83 bits per heavy atom. The minimum Gasteiger partial charge on any atom is -0.338 e. The van der Waals surface area contributed by atoms with E-state index in [1.807, 2.05) is 22.8 Å². The van der Waals surface area contributed by atoms with E-state index in [0.717, 1.165) is 31.4 Å². The standard InChI is InChI=1S/C29H40FN3O2S/c1-3-4-5-6-7-8-12-27(34)33-17-16-31(20-22(33)2)28(35)21-32-15-13-26-25(14-18-36-26)29(32)23-10-9-11-24(30)19-23/h9-11,14,18-19,22,29H,3-8,12-13,15-17,20-21H2,1-2H3/t22-,29-/m0/s1. The zero-order valence-corrected chi connectivity index (χ0v) is 22.6. The predicted molar refractivity (Wildman–Crippen MR) is 144 cm³/mol. The van der Waals surface area contributed by atoms with Crippen molar-refractivity contribution in [2.45, 2.75) is 77.3 Å². The molecule has 0 spiro atoms. The van der Waals surface area contributed by atoms with Crippen molar-refractivity contribution in [3.63, 3.8) is 0 Å². The van der Waals surface area contributed by atoms with Gasteiger partial charge in [-0.15, -0.1) is 11.3 Å². The van der Waals surface area contributed by atoms with Crippen molar-refractivity contribution >= 4 is 23.2 Å². The fourth-order valence-corrected chi connectivity index (χ4v) is 6.54. The second-order valence-corrected chi connectivity index (χ2v) is 11.3. The van der Waals surface area contributed by atoms with E-state index in [-0.39, 0.29) is 29.7 Å². The van der Waals surface area contributed by atoms with Crippen LogP contribution in [0.5, 0.6) is 0 Å². The molecule has 1 aromatic carbocycles. The van der Waals surface area contributed by atoms with Crippen LogP contribution in [0, 0.1) is 5.82 Å². The Morgan fingerprint density at radius 1 is 1.03 bits per heavy atom. The first-order valence-corrected chi connectivity index (χ1v) is 14.5. The van der Waals surface area contributed by atoms with Crippen LogP contribution >= 0.6 is 11.3 Å². The van der Waals surface area contributed by atoms with Crippen LogP contribution in [0.25, 0.3) is 0 Å². The van der Waals surface area contributed by atoms with Gasteiger partial charge >= 0.3 is 0 Å². The number of rotatable bonds is 10.